The summed E-state index contributed by atoms with van der Waals surface area (Å²) in [7, 11) is 0. The Kier molecular flexibility index (Phi) is 5.59. The number of anilines is 1. The monoisotopic (exact) mass is 288 g/mol. The van der Waals surface area contributed by atoms with Gasteiger partial charge in [0.25, 0.3) is 0 Å². The van der Waals surface area contributed by atoms with Crippen LogP contribution < -0.4 is 5.32 Å². The highest BCUT2D eigenvalue weighted by Gasteiger charge is 2.00. The van der Waals surface area contributed by atoms with E-state index in [0.29, 0.717) is 6.54 Å². The molecule has 2 rings (SSSR count). The largest absolute Gasteiger partial charge is 0.390 e. The van der Waals surface area contributed by atoms with E-state index in [0.717, 1.165) is 16.8 Å². The van der Waals surface area contributed by atoms with Crippen LogP contribution in [0.5, 0.6) is 0 Å². The van der Waals surface area contributed by atoms with Crippen LogP contribution in [0.2, 0.25) is 0 Å². The van der Waals surface area contributed by atoms with Crippen molar-refractivity contribution in [3.05, 3.63) is 59.9 Å². The number of hydrogen-bond acceptors (Lipinski definition) is 3. The maximum Gasteiger partial charge on any atom is 0.0847 e. The van der Waals surface area contributed by atoms with Gasteiger partial charge in [0.05, 0.1) is 12.0 Å². The van der Waals surface area contributed by atoms with E-state index >= 15 is 0 Å². The van der Waals surface area contributed by atoms with Gasteiger partial charge in [0.15, 0.2) is 0 Å². The van der Waals surface area contributed by atoms with Gasteiger partial charge in [-0.3, -0.25) is 4.98 Å². The summed E-state index contributed by atoms with van der Waals surface area (Å²) in [5, 5.41) is 12.5. The molecule has 104 valence electrons. The molecule has 0 radical (unpaired) electrons. The molecular weight excluding hydrogens is 272 g/mol. The molecular formula is C16H17ClN2O. The molecule has 1 aromatic carbocycles. The number of nitrogens with zero attached hydrogens (tertiary/aromatic N) is 1. The van der Waals surface area contributed by atoms with Crippen molar-refractivity contribution in [1.82, 2.24) is 4.98 Å². The van der Waals surface area contributed by atoms with Crippen molar-refractivity contribution in [3.8, 4) is 0 Å². The lowest BCUT2D eigenvalue weighted by Crippen LogP contribution is -2.20. The van der Waals surface area contributed by atoms with E-state index in [9.17, 15) is 5.11 Å². The lowest BCUT2D eigenvalue weighted by atomic mass is 10.1. The highest BCUT2D eigenvalue weighted by Crippen LogP contribution is 2.12. The summed E-state index contributed by atoms with van der Waals surface area (Å²) < 4.78 is 0. The lowest BCUT2D eigenvalue weighted by molar-refractivity contribution is 0.211. The van der Waals surface area contributed by atoms with Gasteiger partial charge < -0.3 is 10.4 Å². The van der Waals surface area contributed by atoms with E-state index in [1.807, 2.05) is 48.6 Å². The Balaban J connectivity index is 1.93. The number of halogens is 1. The maximum atomic E-state index is 9.37. The normalized spacial score (nSPS) is 12.5. The summed E-state index contributed by atoms with van der Waals surface area (Å²) in [5.41, 5.74) is 3.20. The number of aliphatic hydroxyl groups excluding tert-OH is 1. The van der Waals surface area contributed by atoms with Crippen LogP contribution in [0.15, 0.2) is 48.8 Å². The number of alkyl halides is 1. The van der Waals surface area contributed by atoms with Crippen molar-refractivity contribution in [2.45, 2.75) is 6.10 Å². The van der Waals surface area contributed by atoms with Crippen LogP contribution in [0.4, 0.5) is 5.69 Å². The van der Waals surface area contributed by atoms with Crippen LogP contribution in [0.1, 0.15) is 11.1 Å². The SMILES string of the molecule is OC(CCl)CNc1ccc(C=Cc2ccncc2)cc1. The molecule has 0 saturated carbocycles. The first-order valence-electron chi connectivity index (χ1n) is 6.44. The molecule has 0 aliphatic heterocycles. The van der Waals surface area contributed by atoms with Gasteiger partial charge in [0.2, 0.25) is 0 Å². The van der Waals surface area contributed by atoms with Crippen LogP contribution in [0.25, 0.3) is 12.2 Å². The van der Waals surface area contributed by atoms with Gasteiger partial charge in [-0.2, -0.15) is 0 Å². The first kappa shape index (κ1) is 14.6. The summed E-state index contributed by atoms with van der Waals surface area (Å²) in [6.07, 6.45) is 7.11. The molecule has 1 heterocycles. The molecule has 4 heteroatoms. The summed E-state index contributed by atoms with van der Waals surface area (Å²) in [6, 6.07) is 11.9. The standard InChI is InChI=1S/C16H17ClN2O/c17-11-16(20)12-19-15-5-3-13(4-6-15)1-2-14-7-9-18-10-8-14/h1-10,16,19-20H,11-12H2. The number of pyridine rings is 1. The molecule has 1 unspecified atom stereocenters. The Hall–Kier alpha value is -1.84. The van der Waals surface area contributed by atoms with Crippen molar-refractivity contribution in [2.75, 3.05) is 17.7 Å². The van der Waals surface area contributed by atoms with E-state index in [4.69, 9.17) is 11.6 Å². The first-order chi connectivity index (χ1) is 9.78. The zero-order valence-corrected chi connectivity index (χ0v) is 11.8. The molecule has 0 saturated heterocycles. The second kappa shape index (κ2) is 7.68. The van der Waals surface area contributed by atoms with E-state index in [1.165, 1.54) is 0 Å². The number of aromatic nitrogens is 1. The average Bonchev–Trinajstić information content (AvgIpc) is 2.52. The number of rotatable bonds is 6. The lowest BCUT2D eigenvalue weighted by Gasteiger charge is -2.09. The minimum absolute atomic E-state index is 0.236. The number of hydrogen-bond donors (Lipinski definition) is 2. The molecule has 0 fully saturated rings. The average molecular weight is 289 g/mol. The minimum Gasteiger partial charge on any atom is -0.390 e. The summed E-state index contributed by atoms with van der Waals surface area (Å²) >= 11 is 5.54. The first-order valence-corrected chi connectivity index (χ1v) is 6.97. The molecule has 1 aromatic heterocycles. The third-order valence-electron chi connectivity index (χ3n) is 2.80. The third-order valence-corrected chi connectivity index (χ3v) is 3.16. The van der Waals surface area contributed by atoms with Crippen molar-refractivity contribution >= 4 is 29.4 Å². The number of benzene rings is 1. The fourth-order valence-electron chi connectivity index (χ4n) is 1.67. The van der Waals surface area contributed by atoms with Crippen molar-refractivity contribution < 1.29 is 5.11 Å². The fraction of sp³-hybridized carbons (Fsp3) is 0.188. The van der Waals surface area contributed by atoms with Crippen LogP contribution in [0, 0.1) is 0 Å². The predicted molar refractivity (Wildman–Crippen MR) is 84.8 cm³/mol. The van der Waals surface area contributed by atoms with E-state index in [1.54, 1.807) is 12.4 Å². The molecule has 2 aromatic rings. The van der Waals surface area contributed by atoms with Crippen LogP contribution in [-0.2, 0) is 0 Å². The zero-order chi connectivity index (χ0) is 14.2. The van der Waals surface area contributed by atoms with Crippen LogP contribution in [0.3, 0.4) is 0 Å². The molecule has 1 atom stereocenters. The smallest absolute Gasteiger partial charge is 0.0847 e. The van der Waals surface area contributed by atoms with Gasteiger partial charge in [-0.1, -0.05) is 24.3 Å². The summed E-state index contributed by atoms with van der Waals surface area (Å²) in [6.45, 7) is 0.454. The van der Waals surface area contributed by atoms with Crippen molar-refractivity contribution in [3.63, 3.8) is 0 Å². The predicted octanol–water partition coefficient (Wildman–Crippen LogP) is 3.26. The van der Waals surface area contributed by atoms with Crippen LogP contribution >= 0.6 is 11.6 Å². The Labute approximate surface area is 123 Å². The quantitative estimate of drug-likeness (QED) is 0.802. The molecule has 0 aliphatic carbocycles. The Morgan fingerprint density at radius 3 is 2.25 bits per heavy atom. The van der Waals surface area contributed by atoms with Crippen LogP contribution in [-0.4, -0.2) is 28.6 Å². The molecule has 20 heavy (non-hydrogen) atoms. The second-order valence-corrected chi connectivity index (χ2v) is 4.73. The zero-order valence-electron chi connectivity index (χ0n) is 11.0. The van der Waals surface area contributed by atoms with Gasteiger partial charge in [-0.15, -0.1) is 11.6 Å². The molecule has 0 aliphatic rings. The molecule has 2 N–H and O–H groups in total. The Morgan fingerprint density at radius 2 is 1.65 bits per heavy atom. The molecule has 0 amide bonds. The molecule has 0 spiro atoms. The van der Waals surface area contributed by atoms with Crippen molar-refractivity contribution in [1.29, 1.82) is 0 Å². The van der Waals surface area contributed by atoms with Crippen molar-refractivity contribution in [2.24, 2.45) is 0 Å². The number of nitrogens with one attached hydrogen (secondary N) is 1. The van der Waals surface area contributed by atoms with Gasteiger partial charge in [0, 0.05) is 24.6 Å². The van der Waals surface area contributed by atoms with E-state index in [-0.39, 0.29) is 5.88 Å². The molecule has 0 bridgehead atoms. The van der Waals surface area contributed by atoms with Gasteiger partial charge in [-0.05, 0) is 35.4 Å². The van der Waals surface area contributed by atoms with E-state index < -0.39 is 6.10 Å². The van der Waals surface area contributed by atoms with E-state index in [2.05, 4.69) is 10.3 Å². The summed E-state index contributed by atoms with van der Waals surface area (Å²) in [5.74, 6) is 0.236. The second-order valence-electron chi connectivity index (χ2n) is 4.42. The Morgan fingerprint density at radius 1 is 1.05 bits per heavy atom. The van der Waals surface area contributed by atoms with Gasteiger partial charge in [0.1, 0.15) is 0 Å². The van der Waals surface area contributed by atoms with Gasteiger partial charge in [-0.25, -0.2) is 0 Å². The topological polar surface area (TPSA) is 45.1 Å². The Bertz CT molecular complexity index is 540. The third kappa shape index (κ3) is 4.68. The molecule has 3 nitrogen and oxygen atoms in total. The highest BCUT2D eigenvalue weighted by molar-refractivity contribution is 6.18. The fourth-order valence-corrected chi connectivity index (χ4v) is 1.78. The minimum atomic E-state index is -0.525. The highest BCUT2D eigenvalue weighted by atomic mass is 35.5. The number of aliphatic hydroxyl groups is 1. The van der Waals surface area contributed by atoms with Gasteiger partial charge >= 0.3 is 0 Å². The summed E-state index contributed by atoms with van der Waals surface area (Å²) in [4.78, 5) is 3.98. The maximum absolute atomic E-state index is 9.37.